The molecular formula is C13H12Br2N2O2. The molecule has 100 valence electrons. The molecule has 6 heteroatoms. The average Bonchev–Trinajstić information content (AvgIpc) is 2.86. The van der Waals surface area contributed by atoms with E-state index in [4.69, 9.17) is 4.74 Å². The lowest BCUT2D eigenvalue weighted by Crippen LogP contribution is -2.26. The van der Waals surface area contributed by atoms with Crippen LogP contribution in [0.25, 0.3) is 10.9 Å². The van der Waals surface area contributed by atoms with Gasteiger partial charge in [0.15, 0.2) is 0 Å². The number of hydrogen-bond donors (Lipinski definition) is 0. The molecular weight excluding hydrogens is 376 g/mol. The summed E-state index contributed by atoms with van der Waals surface area (Å²) in [4.78, 5) is 16.8. The Balaban J connectivity index is 2.07. The third-order valence-electron chi connectivity index (χ3n) is 3.27. The van der Waals surface area contributed by atoms with Gasteiger partial charge in [-0.2, -0.15) is 0 Å². The van der Waals surface area contributed by atoms with Gasteiger partial charge in [-0.25, -0.2) is 4.98 Å². The lowest BCUT2D eigenvalue weighted by molar-refractivity contribution is 0.0960. The van der Waals surface area contributed by atoms with Gasteiger partial charge in [-0.1, -0.05) is 15.9 Å². The van der Waals surface area contributed by atoms with Crippen molar-refractivity contribution < 1.29 is 4.74 Å². The zero-order chi connectivity index (χ0) is 13.4. The van der Waals surface area contributed by atoms with E-state index in [1.54, 1.807) is 17.0 Å². The van der Waals surface area contributed by atoms with Gasteiger partial charge >= 0.3 is 0 Å². The molecule has 2 aromatic rings. The zero-order valence-electron chi connectivity index (χ0n) is 10.1. The van der Waals surface area contributed by atoms with Gasteiger partial charge in [0.2, 0.25) is 0 Å². The van der Waals surface area contributed by atoms with E-state index in [0.29, 0.717) is 17.4 Å². The Kier molecular flexibility index (Phi) is 3.73. The standard InChI is InChI=1S/C13H12Br2N2O2/c14-8-4-10-12(11(15)5-8)16-7-17(13(10)18)6-9-2-1-3-19-9/h4-5,7,9H,1-3,6H2/t9-/m0/s1. The quantitative estimate of drug-likeness (QED) is 0.795. The van der Waals surface area contributed by atoms with Crippen molar-refractivity contribution in [1.29, 1.82) is 0 Å². The number of ether oxygens (including phenoxy) is 1. The van der Waals surface area contributed by atoms with Crippen LogP contribution in [0.1, 0.15) is 12.8 Å². The van der Waals surface area contributed by atoms with Crippen molar-refractivity contribution in [2.24, 2.45) is 0 Å². The maximum Gasteiger partial charge on any atom is 0.261 e. The normalized spacial score (nSPS) is 19.2. The minimum absolute atomic E-state index is 0.0255. The second-order valence-electron chi connectivity index (χ2n) is 4.62. The summed E-state index contributed by atoms with van der Waals surface area (Å²) in [5.41, 5.74) is 0.666. The molecule has 1 saturated heterocycles. The highest BCUT2D eigenvalue weighted by Crippen LogP contribution is 2.25. The number of rotatable bonds is 2. The highest BCUT2D eigenvalue weighted by molar-refractivity contribution is 9.11. The van der Waals surface area contributed by atoms with Crippen LogP contribution in [-0.2, 0) is 11.3 Å². The van der Waals surface area contributed by atoms with E-state index in [2.05, 4.69) is 36.8 Å². The maximum absolute atomic E-state index is 12.4. The summed E-state index contributed by atoms with van der Waals surface area (Å²) in [6.45, 7) is 1.36. The van der Waals surface area contributed by atoms with Gasteiger partial charge in [-0.3, -0.25) is 9.36 Å². The third-order valence-corrected chi connectivity index (χ3v) is 4.33. The molecule has 0 aliphatic carbocycles. The minimum Gasteiger partial charge on any atom is -0.376 e. The highest BCUT2D eigenvalue weighted by Gasteiger charge is 2.17. The smallest absolute Gasteiger partial charge is 0.261 e. The summed E-state index contributed by atoms with van der Waals surface area (Å²) in [5.74, 6) is 0. The Morgan fingerprint density at radius 2 is 2.26 bits per heavy atom. The van der Waals surface area contributed by atoms with Crippen molar-refractivity contribution in [3.8, 4) is 0 Å². The molecule has 2 heterocycles. The first-order chi connectivity index (χ1) is 9.15. The number of benzene rings is 1. The van der Waals surface area contributed by atoms with Crippen LogP contribution in [0.5, 0.6) is 0 Å². The van der Waals surface area contributed by atoms with Crippen LogP contribution in [0.3, 0.4) is 0 Å². The van der Waals surface area contributed by atoms with E-state index in [1.165, 1.54) is 0 Å². The van der Waals surface area contributed by atoms with E-state index in [0.717, 1.165) is 28.4 Å². The van der Waals surface area contributed by atoms with Crippen molar-refractivity contribution in [1.82, 2.24) is 9.55 Å². The van der Waals surface area contributed by atoms with Gasteiger partial charge in [0.05, 0.1) is 29.9 Å². The fourth-order valence-electron chi connectivity index (χ4n) is 2.33. The predicted octanol–water partition coefficient (Wildman–Crippen LogP) is 3.10. The van der Waals surface area contributed by atoms with Crippen molar-refractivity contribution >= 4 is 42.8 Å². The van der Waals surface area contributed by atoms with Gasteiger partial charge in [-0.15, -0.1) is 0 Å². The summed E-state index contributed by atoms with van der Waals surface area (Å²) in [5, 5.41) is 0.613. The Bertz CT molecular complexity index is 678. The van der Waals surface area contributed by atoms with E-state index in [1.807, 2.05) is 6.07 Å². The average molecular weight is 388 g/mol. The van der Waals surface area contributed by atoms with Crippen LogP contribution in [-0.4, -0.2) is 22.3 Å². The third kappa shape index (κ3) is 2.61. The van der Waals surface area contributed by atoms with Crippen molar-refractivity contribution in [3.05, 3.63) is 37.8 Å². The Hall–Kier alpha value is -0.720. The first kappa shape index (κ1) is 13.3. The topological polar surface area (TPSA) is 44.1 Å². The molecule has 1 aromatic carbocycles. The summed E-state index contributed by atoms with van der Waals surface area (Å²) in [6.07, 6.45) is 3.81. The molecule has 1 fully saturated rings. The number of hydrogen-bond acceptors (Lipinski definition) is 3. The molecule has 0 spiro atoms. The van der Waals surface area contributed by atoms with Crippen molar-refractivity contribution in [2.45, 2.75) is 25.5 Å². The Morgan fingerprint density at radius 1 is 1.42 bits per heavy atom. The van der Waals surface area contributed by atoms with Crippen LogP contribution in [0.15, 0.2) is 32.2 Å². The van der Waals surface area contributed by atoms with Crippen LogP contribution in [0.2, 0.25) is 0 Å². The molecule has 4 nitrogen and oxygen atoms in total. The van der Waals surface area contributed by atoms with Crippen LogP contribution < -0.4 is 5.56 Å². The number of fused-ring (bicyclic) bond motifs is 1. The lowest BCUT2D eigenvalue weighted by atomic mass is 10.2. The molecule has 1 aliphatic heterocycles. The van der Waals surface area contributed by atoms with E-state index in [9.17, 15) is 4.79 Å². The largest absolute Gasteiger partial charge is 0.376 e. The molecule has 1 aromatic heterocycles. The second kappa shape index (κ2) is 5.34. The van der Waals surface area contributed by atoms with Gasteiger partial charge in [0.25, 0.3) is 5.56 Å². The first-order valence-corrected chi connectivity index (χ1v) is 7.69. The number of halogens is 2. The summed E-state index contributed by atoms with van der Waals surface area (Å²) < 4.78 is 8.88. The molecule has 19 heavy (non-hydrogen) atoms. The molecule has 0 radical (unpaired) electrons. The maximum atomic E-state index is 12.4. The van der Waals surface area contributed by atoms with Crippen molar-refractivity contribution in [2.75, 3.05) is 6.61 Å². The fraction of sp³-hybridized carbons (Fsp3) is 0.385. The van der Waals surface area contributed by atoms with Gasteiger partial charge < -0.3 is 4.74 Å². The molecule has 0 amide bonds. The SMILES string of the molecule is O=c1c2cc(Br)cc(Br)c2ncn1C[C@@H]1CCCO1. The van der Waals surface area contributed by atoms with Gasteiger partial charge in [0.1, 0.15) is 0 Å². The molecule has 0 N–H and O–H groups in total. The van der Waals surface area contributed by atoms with Crippen LogP contribution in [0, 0.1) is 0 Å². The second-order valence-corrected chi connectivity index (χ2v) is 6.39. The molecule has 0 saturated carbocycles. The van der Waals surface area contributed by atoms with Gasteiger partial charge in [0, 0.05) is 15.6 Å². The summed E-state index contributed by atoms with van der Waals surface area (Å²) in [7, 11) is 0. The minimum atomic E-state index is -0.0255. The molecule has 1 atom stereocenters. The van der Waals surface area contributed by atoms with E-state index >= 15 is 0 Å². The fourth-order valence-corrected chi connectivity index (χ4v) is 3.66. The number of aromatic nitrogens is 2. The molecule has 3 rings (SSSR count). The van der Waals surface area contributed by atoms with Crippen LogP contribution >= 0.6 is 31.9 Å². The molecule has 0 unspecified atom stereocenters. The van der Waals surface area contributed by atoms with Crippen LogP contribution in [0.4, 0.5) is 0 Å². The Morgan fingerprint density at radius 3 is 3.00 bits per heavy atom. The molecule has 0 bridgehead atoms. The molecule has 1 aliphatic rings. The zero-order valence-corrected chi connectivity index (χ0v) is 13.3. The monoisotopic (exact) mass is 386 g/mol. The van der Waals surface area contributed by atoms with Gasteiger partial charge in [-0.05, 0) is 40.9 Å². The lowest BCUT2D eigenvalue weighted by Gasteiger charge is -2.12. The first-order valence-electron chi connectivity index (χ1n) is 6.11. The Labute approximate surface area is 127 Å². The highest BCUT2D eigenvalue weighted by atomic mass is 79.9. The van der Waals surface area contributed by atoms with E-state index in [-0.39, 0.29) is 11.7 Å². The number of nitrogens with zero attached hydrogens (tertiary/aromatic N) is 2. The van der Waals surface area contributed by atoms with Crippen molar-refractivity contribution in [3.63, 3.8) is 0 Å². The summed E-state index contributed by atoms with van der Waals surface area (Å²) >= 11 is 6.83. The van der Waals surface area contributed by atoms with E-state index < -0.39 is 0 Å². The summed E-state index contributed by atoms with van der Waals surface area (Å²) in [6, 6.07) is 3.70. The predicted molar refractivity (Wildman–Crippen MR) is 80.4 cm³/mol.